The highest BCUT2D eigenvalue weighted by molar-refractivity contribution is 6.33. The van der Waals surface area contributed by atoms with Crippen LogP contribution in [0.4, 0.5) is 0 Å². The van der Waals surface area contributed by atoms with E-state index in [2.05, 4.69) is 27.4 Å². The number of rotatable bonds is 7. The van der Waals surface area contributed by atoms with Crippen molar-refractivity contribution in [2.75, 3.05) is 32.7 Å². The number of carbonyl (C=O) groups excluding carboxylic acids is 1. The number of ether oxygens (including phenoxy) is 1. The first-order valence-electron chi connectivity index (χ1n) is 10.4. The van der Waals surface area contributed by atoms with Crippen LogP contribution in [0, 0.1) is 0 Å². The summed E-state index contributed by atoms with van der Waals surface area (Å²) < 4.78 is 6.07. The molecule has 30 heavy (non-hydrogen) atoms. The van der Waals surface area contributed by atoms with Crippen molar-refractivity contribution >= 4 is 23.5 Å². The van der Waals surface area contributed by atoms with Crippen molar-refractivity contribution in [3.05, 3.63) is 65.2 Å². The summed E-state index contributed by atoms with van der Waals surface area (Å²) in [4.78, 5) is 19.2. The fourth-order valence-electron chi connectivity index (χ4n) is 3.37. The lowest BCUT2D eigenvalue weighted by atomic mass is 10.1. The van der Waals surface area contributed by atoms with Crippen molar-refractivity contribution in [1.29, 1.82) is 0 Å². The summed E-state index contributed by atoms with van der Waals surface area (Å²) >= 11 is 6.07. The number of benzene rings is 2. The zero-order chi connectivity index (χ0) is 21.2. The van der Waals surface area contributed by atoms with Gasteiger partial charge in [-0.1, -0.05) is 41.9 Å². The summed E-state index contributed by atoms with van der Waals surface area (Å²) in [6, 6.07) is 17.0. The number of halogens is 1. The number of likely N-dealkylation sites (tertiary alicyclic amines) is 1. The highest BCUT2D eigenvalue weighted by Gasteiger charge is 2.22. The van der Waals surface area contributed by atoms with Gasteiger partial charge in [0, 0.05) is 39.0 Å². The monoisotopic (exact) mass is 428 g/mol. The van der Waals surface area contributed by atoms with Crippen molar-refractivity contribution in [2.24, 2.45) is 4.99 Å². The number of nitrogens with one attached hydrogen (secondary N) is 2. The maximum Gasteiger partial charge on any atom is 0.252 e. The highest BCUT2D eigenvalue weighted by atomic mass is 35.5. The van der Waals surface area contributed by atoms with Crippen LogP contribution in [-0.4, -0.2) is 55.6 Å². The van der Waals surface area contributed by atoms with Crippen LogP contribution < -0.4 is 15.4 Å². The first kappa shape index (κ1) is 22.0. The zero-order valence-electron chi connectivity index (χ0n) is 17.3. The van der Waals surface area contributed by atoms with Gasteiger partial charge in [0.15, 0.2) is 5.96 Å². The van der Waals surface area contributed by atoms with Crippen molar-refractivity contribution in [3.8, 4) is 5.75 Å². The van der Waals surface area contributed by atoms with E-state index in [0.717, 1.165) is 44.2 Å². The van der Waals surface area contributed by atoms with E-state index in [9.17, 15) is 4.79 Å². The standard InChI is InChI=1S/C23H29ClN4O2/c1-2-25-23(27-15-14-26-22(29)20-10-6-7-11-21(20)24)28-16-12-19(13-17-28)30-18-8-4-3-5-9-18/h3-11,19H,2,12-17H2,1H3,(H,25,27)(H,26,29). The molecule has 0 atom stereocenters. The van der Waals surface area contributed by atoms with Crippen LogP contribution in [0.2, 0.25) is 5.02 Å². The number of hydrogen-bond donors (Lipinski definition) is 2. The van der Waals surface area contributed by atoms with Crippen molar-refractivity contribution in [3.63, 3.8) is 0 Å². The lowest BCUT2D eigenvalue weighted by molar-refractivity contribution is 0.0954. The molecule has 2 N–H and O–H groups in total. The van der Waals surface area contributed by atoms with Crippen LogP contribution in [0.3, 0.4) is 0 Å². The van der Waals surface area contributed by atoms with Crippen LogP contribution in [0.5, 0.6) is 5.75 Å². The van der Waals surface area contributed by atoms with Gasteiger partial charge in [-0.25, -0.2) is 0 Å². The number of guanidine groups is 1. The van der Waals surface area contributed by atoms with Gasteiger partial charge in [0.2, 0.25) is 0 Å². The summed E-state index contributed by atoms with van der Waals surface area (Å²) in [7, 11) is 0. The third-order valence-electron chi connectivity index (χ3n) is 4.90. The molecule has 2 aromatic carbocycles. The van der Waals surface area contributed by atoms with Gasteiger partial charge in [-0.3, -0.25) is 9.79 Å². The minimum absolute atomic E-state index is 0.181. The van der Waals surface area contributed by atoms with E-state index in [1.807, 2.05) is 30.3 Å². The Balaban J connectivity index is 1.46. The Hall–Kier alpha value is -2.73. The average Bonchev–Trinajstić information content (AvgIpc) is 2.77. The largest absolute Gasteiger partial charge is 0.490 e. The van der Waals surface area contributed by atoms with E-state index < -0.39 is 0 Å². The van der Waals surface area contributed by atoms with Gasteiger partial charge in [-0.15, -0.1) is 0 Å². The lowest BCUT2D eigenvalue weighted by Crippen LogP contribution is -2.47. The molecule has 2 aromatic rings. The summed E-state index contributed by atoms with van der Waals surface area (Å²) in [5, 5.41) is 6.68. The number of carbonyl (C=O) groups is 1. The Morgan fingerprint density at radius 3 is 2.50 bits per heavy atom. The summed E-state index contributed by atoms with van der Waals surface area (Å²) in [6.07, 6.45) is 2.12. The quantitative estimate of drug-likeness (QED) is 0.402. The maximum atomic E-state index is 12.2. The Labute approximate surface area is 183 Å². The van der Waals surface area contributed by atoms with Crippen LogP contribution in [0.15, 0.2) is 59.6 Å². The predicted octanol–water partition coefficient (Wildman–Crippen LogP) is 3.58. The van der Waals surface area contributed by atoms with Gasteiger partial charge in [-0.05, 0) is 31.2 Å². The third kappa shape index (κ3) is 6.39. The van der Waals surface area contributed by atoms with Gasteiger partial charge >= 0.3 is 0 Å². The Kier molecular flexibility index (Phi) is 8.39. The summed E-state index contributed by atoms with van der Waals surface area (Å²) in [5.74, 6) is 1.62. The van der Waals surface area contributed by atoms with Crippen LogP contribution in [0.25, 0.3) is 0 Å². The predicted molar refractivity (Wildman–Crippen MR) is 121 cm³/mol. The first-order chi connectivity index (χ1) is 14.7. The topological polar surface area (TPSA) is 66.0 Å². The second-order valence-corrected chi connectivity index (χ2v) is 7.50. The number of hydrogen-bond acceptors (Lipinski definition) is 3. The maximum absolute atomic E-state index is 12.2. The molecule has 0 bridgehead atoms. The van der Waals surface area contributed by atoms with E-state index >= 15 is 0 Å². The van der Waals surface area contributed by atoms with Gasteiger partial charge in [0.1, 0.15) is 11.9 Å². The van der Waals surface area contributed by atoms with Crippen LogP contribution >= 0.6 is 11.6 Å². The van der Waals surface area contributed by atoms with Crippen molar-refractivity contribution in [1.82, 2.24) is 15.5 Å². The number of aliphatic imine (C=N–C) groups is 1. The van der Waals surface area contributed by atoms with Crippen LogP contribution in [0.1, 0.15) is 30.1 Å². The molecule has 1 saturated heterocycles. The van der Waals surface area contributed by atoms with E-state index in [-0.39, 0.29) is 12.0 Å². The normalized spacial score (nSPS) is 15.0. The molecule has 1 amide bonds. The average molecular weight is 429 g/mol. The molecule has 1 heterocycles. The van der Waals surface area contributed by atoms with Crippen molar-refractivity contribution in [2.45, 2.75) is 25.9 Å². The second-order valence-electron chi connectivity index (χ2n) is 7.09. The lowest BCUT2D eigenvalue weighted by Gasteiger charge is -2.34. The Bertz CT molecular complexity index is 836. The number of para-hydroxylation sites is 1. The molecule has 3 rings (SSSR count). The minimum atomic E-state index is -0.181. The van der Waals surface area contributed by atoms with Gasteiger partial charge in [0.25, 0.3) is 5.91 Å². The smallest absolute Gasteiger partial charge is 0.252 e. The SMILES string of the molecule is CCNC(=NCCNC(=O)c1ccccc1Cl)N1CCC(Oc2ccccc2)CC1. The molecular weight excluding hydrogens is 400 g/mol. The van der Waals surface area contributed by atoms with Crippen LogP contribution in [-0.2, 0) is 0 Å². The fraction of sp³-hybridized carbons (Fsp3) is 0.391. The number of piperidine rings is 1. The molecule has 1 aliphatic heterocycles. The first-order valence-corrected chi connectivity index (χ1v) is 10.8. The molecular formula is C23H29ClN4O2. The molecule has 1 fully saturated rings. The molecule has 1 aliphatic rings. The van der Waals surface area contributed by atoms with Gasteiger partial charge in [0.05, 0.1) is 17.1 Å². The Morgan fingerprint density at radius 1 is 1.10 bits per heavy atom. The molecule has 6 nitrogen and oxygen atoms in total. The fourth-order valence-corrected chi connectivity index (χ4v) is 3.60. The third-order valence-corrected chi connectivity index (χ3v) is 5.23. The van der Waals surface area contributed by atoms with E-state index in [1.54, 1.807) is 24.3 Å². The molecule has 0 unspecified atom stereocenters. The highest BCUT2D eigenvalue weighted by Crippen LogP contribution is 2.18. The van der Waals surface area contributed by atoms with Gasteiger partial charge < -0.3 is 20.3 Å². The van der Waals surface area contributed by atoms with Crippen molar-refractivity contribution < 1.29 is 9.53 Å². The minimum Gasteiger partial charge on any atom is -0.490 e. The van der Waals surface area contributed by atoms with E-state index in [4.69, 9.17) is 16.3 Å². The Morgan fingerprint density at radius 2 is 1.80 bits per heavy atom. The van der Waals surface area contributed by atoms with Gasteiger partial charge in [-0.2, -0.15) is 0 Å². The molecule has 0 aliphatic carbocycles. The van der Waals surface area contributed by atoms with E-state index in [1.165, 1.54) is 0 Å². The molecule has 0 aromatic heterocycles. The van der Waals surface area contributed by atoms with E-state index in [0.29, 0.717) is 23.7 Å². The number of amides is 1. The second kappa shape index (κ2) is 11.5. The summed E-state index contributed by atoms with van der Waals surface area (Å²) in [5.41, 5.74) is 0.482. The molecule has 0 spiro atoms. The zero-order valence-corrected chi connectivity index (χ0v) is 18.1. The molecule has 0 saturated carbocycles. The molecule has 7 heteroatoms. The number of nitrogens with zero attached hydrogens (tertiary/aromatic N) is 2. The molecule has 160 valence electrons. The molecule has 0 radical (unpaired) electrons. The summed E-state index contributed by atoms with van der Waals surface area (Å²) in [6.45, 7) is 5.57.